The Labute approximate surface area is 193 Å². The maximum atomic E-state index is 4.74. The number of dihydropyridines is 1. The summed E-state index contributed by atoms with van der Waals surface area (Å²) in [6, 6.07) is 0.580. The highest BCUT2D eigenvalue weighted by molar-refractivity contribution is 5.74. The summed E-state index contributed by atoms with van der Waals surface area (Å²) in [5, 5.41) is 0. The van der Waals surface area contributed by atoms with Gasteiger partial charge in [0.05, 0.1) is 6.04 Å². The van der Waals surface area contributed by atoms with E-state index in [-0.39, 0.29) is 0 Å². The summed E-state index contributed by atoms with van der Waals surface area (Å²) in [4.78, 5) is 7.62. The smallest absolute Gasteiger partial charge is 0.0585 e. The fraction of sp³-hybridized carbons (Fsp3) is 0.700. The van der Waals surface area contributed by atoms with Crippen LogP contribution >= 0.6 is 0 Å². The van der Waals surface area contributed by atoms with Crippen LogP contribution in [0.4, 0.5) is 0 Å². The maximum absolute atomic E-state index is 4.74. The van der Waals surface area contributed by atoms with Gasteiger partial charge in [0.1, 0.15) is 0 Å². The van der Waals surface area contributed by atoms with Crippen LogP contribution in [0, 0.1) is 40.9 Å². The lowest BCUT2D eigenvalue weighted by Gasteiger charge is -2.58. The van der Waals surface area contributed by atoms with E-state index in [2.05, 4.69) is 35.4 Å². The van der Waals surface area contributed by atoms with Gasteiger partial charge in [-0.3, -0.25) is 4.99 Å². The molecule has 4 atom stereocenters. The van der Waals surface area contributed by atoms with Crippen LogP contribution in [0.1, 0.15) is 77.0 Å². The molecule has 3 aliphatic heterocycles. The molecule has 0 aromatic carbocycles. The Balaban J connectivity index is 1.20. The average Bonchev–Trinajstić information content (AvgIpc) is 3.01. The Kier molecular flexibility index (Phi) is 3.96. The lowest BCUT2D eigenvalue weighted by Crippen LogP contribution is -2.47. The largest absolute Gasteiger partial charge is 0.341 e. The Morgan fingerprint density at radius 2 is 1.78 bits per heavy atom. The van der Waals surface area contributed by atoms with Gasteiger partial charge in [0.15, 0.2) is 0 Å². The lowest BCUT2D eigenvalue weighted by atomic mass is 9.47. The van der Waals surface area contributed by atoms with E-state index < -0.39 is 0 Å². The molecule has 0 spiro atoms. The van der Waals surface area contributed by atoms with Crippen LogP contribution in [0.5, 0.6) is 0 Å². The molecule has 3 heterocycles. The first kappa shape index (κ1) is 18.8. The Morgan fingerprint density at radius 1 is 0.969 bits per heavy atom. The highest BCUT2D eigenvalue weighted by atomic mass is 15.2. The van der Waals surface area contributed by atoms with E-state index in [1.54, 1.807) is 55.5 Å². The molecule has 0 radical (unpaired) electrons. The highest BCUT2D eigenvalue weighted by Crippen LogP contribution is 2.64. The summed E-state index contributed by atoms with van der Waals surface area (Å²) < 4.78 is 0. The monoisotopic (exact) mass is 426 g/mol. The SMILES string of the molecule is C1=CC2=CCC3=C4[C@H](CCC3CC35CC6CC(CC(C6)C3)C5)[C@H]3CN=CC=C3N4C2CC1. The molecule has 6 aliphatic carbocycles. The highest BCUT2D eigenvalue weighted by Gasteiger charge is 2.54. The number of hydrogen-bond acceptors (Lipinski definition) is 2. The molecule has 2 unspecified atom stereocenters. The third-order valence-corrected chi connectivity index (χ3v) is 11.1. The molecule has 0 amide bonds. The molecule has 168 valence electrons. The van der Waals surface area contributed by atoms with Gasteiger partial charge in [0.2, 0.25) is 0 Å². The fourth-order valence-corrected chi connectivity index (χ4v) is 10.5. The number of allylic oxidation sites excluding steroid dienone is 5. The molecular weight excluding hydrogens is 388 g/mol. The molecule has 9 aliphatic rings. The van der Waals surface area contributed by atoms with Gasteiger partial charge in [-0.15, -0.1) is 0 Å². The number of fused-ring (bicyclic) bond motifs is 5. The van der Waals surface area contributed by atoms with Crippen molar-refractivity contribution < 1.29 is 0 Å². The first-order valence-electron chi connectivity index (χ1n) is 13.9. The predicted molar refractivity (Wildman–Crippen MR) is 130 cm³/mol. The van der Waals surface area contributed by atoms with Gasteiger partial charge in [-0.1, -0.05) is 18.2 Å². The van der Waals surface area contributed by atoms with Crippen molar-refractivity contribution >= 4 is 6.21 Å². The van der Waals surface area contributed by atoms with Crippen LogP contribution in [0.15, 0.2) is 51.8 Å². The second kappa shape index (κ2) is 6.73. The molecule has 1 saturated heterocycles. The summed E-state index contributed by atoms with van der Waals surface area (Å²) in [6.45, 7) is 1.02. The van der Waals surface area contributed by atoms with Crippen molar-refractivity contribution in [2.45, 2.75) is 83.1 Å². The summed E-state index contributed by atoms with van der Waals surface area (Å²) in [7, 11) is 0. The number of aliphatic imine (C=N–C) groups is 1. The molecule has 0 aromatic rings. The van der Waals surface area contributed by atoms with Crippen molar-refractivity contribution in [2.75, 3.05) is 6.54 Å². The summed E-state index contributed by atoms with van der Waals surface area (Å²) >= 11 is 0. The lowest BCUT2D eigenvalue weighted by molar-refractivity contribution is -0.0645. The normalized spacial score (nSPS) is 47.6. The second-order valence-corrected chi connectivity index (χ2v) is 12.9. The van der Waals surface area contributed by atoms with Gasteiger partial charge in [-0.25, -0.2) is 0 Å². The first-order chi connectivity index (χ1) is 15.8. The zero-order valence-electron chi connectivity index (χ0n) is 19.5. The quantitative estimate of drug-likeness (QED) is 0.473. The predicted octanol–water partition coefficient (Wildman–Crippen LogP) is 6.82. The average molecular weight is 427 g/mol. The van der Waals surface area contributed by atoms with Crippen molar-refractivity contribution in [3.05, 3.63) is 46.8 Å². The van der Waals surface area contributed by atoms with Crippen molar-refractivity contribution in [3.63, 3.8) is 0 Å². The summed E-state index contributed by atoms with van der Waals surface area (Å²) in [6.07, 6.45) is 29.5. The molecule has 32 heavy (non-hydrogen) atoms. The molecule has 2 heteroatoms. The first-order valence-corrected chi connectivity index (χ1v) is 13.9. The molecular formula is C30H38N2. The van der Waals surface area contributed by atoms with E-state index in [0.29, 0.717) is 17.4 Å². The van der Waals surface area contributed by atoms with E-state index in [9.17, 15) is 0 Å². The molecule has 4 saturated carbocycles. The van der Waals surface area contributed by atoms with Crippen molar-refractivity contribution in [1.29, 1.82) is 0 Å². The van der Waals surface area contributed by atoms with E-state index in [4.69, 9.17) is 4.99 Å². The van der Waals surface area contributed by atoms with Crippen LogP contribution in [-0.2, 0) is 0 Å². The third kappa shape index (κ3) is 2.62. The molecule has 2 nitrogen and oxygen atoms in total. The van der Waals surface area contributed by atoms with Crippen LogP contribution in [-0.4, -0.2) is 23.7 Å². The molecule has 4 bridgehead atoms. The topological polar surface area (TPSA) is 15.6 Å². The van der Waals surface area contributed by atoms with E-state index >= 15 is 0 Å². The van der Waals surface area contributed by atoms with Gasteiger partial charge in [0, 0.05) is 36.0 Å². The Bertz CT molecular complexity index is 955. The van der Waals surface area contributed by atoms with Crippen LogP contribution < -0.4 is 0 Å². The van der Waals surface area contributed by atoms with E-state index in [1.165, 1.54) is 38.5 Å². The summed E-state index contributed by atoms with van der Waals surface area (Å²) in [5.74, 6) is 5.45. The molecule has 0 N–H and O–H groups in total. The van der Waals surface area contributed by atoms with E-state index in [0.717, 1.165) is 36.1 Å². The van der Waals surface area contributed by atoms with Crippen LogP contribution in [0.25, 0.3) is 0 Å². The number of rotatable bonds is 2. The zero-order valence-corrected chi connectivity index (χ0v) is 19.5. The molecule has 0 aromatic heterocycles. The van der Waals surface area contributed by atoms with Gasteiger partial charge in [-0.05, 0) is 123 Å². The Hall–Kier alpha value is -1.57. The van der Waals surface area contributed by atoms with Crippen molar-refractivity contribution in [1.82, 2.24) is 4.90 Å². The van der Waals surface area contributed by atoms with E-state index in [1.807, 2.05) is 5.57 Å². The van der Waals surface area contributed by atoms with Gasteiger partial charge >= 0.3 is 0 Å². The fourth-order valence-electron chi connectivity index (χ4n) is 10.5. The standard InChI is InChI=1S/C30H38N2/c1-2-4-27-22(3-1)5-7-24-23(17-30-14-19-11-20(15-30)13-21(12-19)16-30)6-8-25-26-18-31-10-9-28(26)32(27)29(24)25/h1,3,5,9-10,19-21,23,25-27H,2,4,6-8,11-18H2/t19?,20?,21?,23?,25-,26-,27?,30?/m1/s1. The zero-order chi connectivity index (χ0) is 20.9. The van der Waals surface area contributed by atoms with Crippen LogP contribution in [0.2, 0.25) is 0 Å². The minimum Gasteiger partial charge on any atom is -0.341 e. The number of hydrogen-bond donors (Lipinski definition) is 0. The van der Waals surface area contributed by atoms with Crippen LogP contribution in [0.3, 0.4) is 0 Å². The van der Waals surface area contributed by atoms with Crippen molar-refractivity contribution in [2.24, 2.45) is 45.9 Å². The second-order valence-electron chi connectivity index (χ2n) is 12.9. The van der Waals surface area contributed by atoms with Gasteiger partial charge in [-0.2, -0.15) is 0 Å². The molecule has 9 rings (SSSR count). The van der Waals surface area contributed by atoms with Gasteiger partial charge in [0.25, 0.3) is 0 Å². The van der Waals surface area contributed by atoms with Crippen molar-refractivity contribution in [3.8, 4) is 0 Å². The maximum Gasteiger partial charge on any atom is 0.0585 e. The minimum absolute atomic E-state index is 0.580. The molecule has 5 fully saturated rings. The number of nitrogens with zero attached hydrogens (tertiary/aromatic N) is 2. The summed E-state index contributed by atoms with van der Waals surface area (Å²) in [5.41, 5.74) is 7.56. The Morgan fingerprint density at radius 3 is 2.59 bits per heavy atom. The third-order valence-electron chi connectivity index (χ3n) is 11.1. The van der Waals surface area contributed by atoms with Gasteiger partial charge < -0.3 is 4.90 Å². The minimum atomic E-state index is 0.580.